The molecule has 36 heavy (non-hydrogen) atoms. The summed E-state index contributed by atoms with van der Waals surface area (Å²) in [7, 11) is -2.72. The number of likely N-dealkylation sites (N-methyl/N-ethyl adjacent to an activating group) is 1. The van der Waals surface area contributed by atoms with Crippen LogP contribution in [0.4, 0.5) is 5.69 Å². The van der Waals surface area contributed by atoms with Gasteiger partial charge in [0.2, 0.25) is 11.8 Å². The number of hydrogen-bond acceptors (Lipinski definition) is 4. The van der Waals surface area contributed by atoms with Crippen molar-refractivity contribution in [3.8, 4) is 0 Å². The van der Waals surface area contributed by atoms with Crippen LogP contribution in [0.25, 0.3) is 0 Å². The fourth-order valence-corrected chi connectivity index (χ4v) is 5.65. The molecule has 0 fully saturated rings. The van der Waals surface area contributed by atoms with Crippen molar-refractivity contribution in [3.05, 3.63) is 93.4 Å². The third-order valence-electron chi connectivity index (χ3n) is 5.51. The second-order valence-electron chi connectivity index (χ2n) is 7.82. The van der Waals surface area contributed by atoms with Gasteiger partial charge in [-0.15, -0.1) is 0 Å². The van der Waals surface area contributed by atoms with E-state index >= 15 is 0 Å². The Morgan fingerprint density at radius 3 is 2.11 bits per heavy atom. The predicted molar refractivity (Wildman–Crippen MR) is 143 cm³/mol. The molecule has 0 unspecified atom stereocenters. The van der Waals surface area contributed by atoms with Gasteiger partial charge in [-0.3, -0.25) is 13.9 Å². The van der Waals surface area contributed by atoms with Gasteiger partial charge in [0.25, 0.3) is 10.0 Å². The van der Waals surface area contributed by atoms with Crippen LogP contribution in [0.1, 0.15) is 12.5 Å². The molecule has 190 valence electrons. The van der Waals surface area contributed by atoms with Gasteiger partial charge >= 0.3 is 0 Å². The molecule has 0 aromatic heterocycles. The van der Waals surface area contributed by atoms with E-state index in [2.05, 4.69) is 5.32 Å². The highest BCUT2D eigenvalue weighted by Crippen LogP contribution is 2.29. The minimum Gasteiger partial charge on any atom is -0.357 e. The lowest BCUT2D eigenvalue weighted by Crippen LogP contribution is -2.50. The minimum absolute atomic E-state index is 0.00202. The van der Waals surface area contributed by atoms with Crippen LogP contribution in [0.2, 0.25) is 15.1 Å². The molecule has 0 spiro atoms. The van der Waals surface area contributed by atoms with Crippen molar-refractivity contribution in [2.24, 2.45) is 0 Å². The van der Waals surface area contributed by atoms with Gasteiger partial charge in [0.05, 0.1) is 10.6 Å². The topological polar surface area (TPSA) is 86.8 Å². The van der Waals surface area contributed by atoms with E-state index < -0.39 is 34.4 Å². The second kappa shape index (κ2) is 12.0. The van der Waals surface area contributed by atoms with E-state index in [1.807, 2.05) is 0 Å². The van der Waals surface area contributed by atoms with Crippen molar-refractivity contribution in [2.75, 3.05) is 17.9 Å². The molecule has 3 aromatic rings. The highest BCUT2D eigenvalue weighted by molar-refractivity contribution is 7.92. The maximum Gasteiger partial charge on any atom is 0.264 e. The Labute approximate surface area is 225 Å². The van der Waals surface area contributed by atoms with Crippen LogP contribution in [-0.2, 0) is 26.2 Å². The molecule has 0 saturated heterocycles. The number of halogens is 3. The number of rotatable bonds is 9. The average molecular weight is 569 g/mol. The van der Waals surface area contributed by atoms with Gasteiger partial charge in [-0.1, -0.05) is 65.1 Å². The quantitative estimate of drug-likeness (QED) is 0.393. The monoisotopic (exact) mass is 567 g/mol. The van der Waals surface area contributed by atoms with E-state index in [1.54, 1.807) is 48.5 Å². The molecule has 1 N–H and O–H groups in total. The van der Waals surface area contributed by atoms with Crippen LogP contribution in [0.15, 0.2) is 77.7 Å². The van der Waals surface area contributed by atoms with Gasteiger partial charge < -0.3 is 10.2 Å². The summed E-state index contributed by atoms with van der Waals surface area (Å²) in [5.41, 5.74) is 0.633. The van der Waals surface area contributed by atoms with Crippen molar-refractivity contribution in [1.29, 1.82) is 0 Å². The molecule has 7 nitrogen and oxygen atoms in total. The third-order valence-corrected chi connectivity index (χ3v) is 8.24. The Hall–Kier alpha value is -2.78. The lowest BCUT2D eigenvalue weighted by Gasteiger charge is -2.32. The Morgan fingerprint density at radius 1 is 0.917 bits per heavy atom. The maximum absolute atomic E-state index is 13.7. The number of anilines is 1. The fraction of sp³-hybridized carbons (Fsp3) is 0.200. The lowest BCUT2D eigenvalue weighted by molar-refractivity contribution is -0.139. The molecule has 1 atom stereocenters. The number of benzene rings is 3. The van der Waals surface area contributed by atoms with Crippen molar-refractivity contribution in [2.45, 2.75) is 24.4 Å². The molecular formula is C25H24Cl3N3O4S. The second-order valence-corrected chi connectivity index (χ2v) is 10.9. The first-order valence-electron chi connectivity index (χ1n) is 10.8. The van der Waals surface area contributed by atoms with Crippen LogP contribution >= 0.6 is 34.8 Å². The highest BCUT2D eigenvalue weighted by atomic mass is 35.5. The van der Waals surface area contributed by atoms with Crippen molar-refractivity contribution in [3.63, 3.8) is 0 Å². The number of nitrogens with zero attached hydrogens (tertiary/aromatic N) is 2. The van der Waals surface area contributed by atoms with Crippen molar-refractivity contribution in [1.82, 2.24) is 10.2 Å². The molecular weight excluding hydrogens is 545 g/mol. The molecule has 11 heteroatoms. The summed E-state index contributed by atoms with van der Waals surface area (Å²) in [5, 5.41) is 3.44. The largest absolute Gasteiger partial charge is 0.357 e. The first-order chi connectivity index (χ1) is 17.1. The Morgan fingerprint density at radius 2 is 1.53 bits per heavy atom. The van der Waals surface area contributed by atoms with Gasteiger partial charge in [-0.2, -0.15) is 0 Å². The molecule has 3 rings (SSSR count). The van der Waals surface area contributed by atoms with E-state index in [-0.39, 0.29) is 17.1 Å². The summed E-state index contributed by atoms with van der Waals surface area (Å²) in [6.07, 6.45) is 0. The van der Waals surface area contributed by atoms with E-state index in [9.17, 15) is 18.0 Å². The minimum atomic E-state index is -4.17. The molecule has 0 aliphatic heterocycles. The van der Waals surface area contributed by atoms with Gasteiger partial charge in [0.1, 0.15) is 12.6 Å². The summed E-state index contributed by atoms with van der Waals surface area (Å²) < 4.78 is 28.2. The zero-order valence-electron chi connectivity index (χ0n) is 19.5. The predicted octanol–water partition coefficient (Wildman–Crippen LogP) is 5.01. The Balaban J connectivity index is 2.06. The summed E-state index contributed by atoms with van der Waals surface area (Å²) in [6.45, 7) is 0.832. The number of hydrogen-bond donors (Lipinski definition) is 1. The van der Waals surface area contributed by atoms with E-state index in [0.29, 0.717) is 20.6 Å². The van der Waals surface area contributed by atoms with Crippen LogP contribution in [0.5, 0.6) is 0 Å². The molecule has 0 bridgehead atoms. The molecule has 0 aliphatic carbocycles. The number of carbonyl (C=O) groups is 2. The summed E-state index contributed by atoms with van der Waals surface area (Å²) in [5.74, 6) is -1.08. The van der Waals surface area contributed by atoms with Gasteiger partial charge in [0.15, 0.2) is 0 Å². The van der Waals surface area contributed by atoms with Gasteiger partial charge in [-0.05, 0) is 49.4 Å². The summed E-state index contributed by atoms with van der Waals surface area (Å²) >= 11 is 18.8. The van der Waals surface area contributed by atoms with Crippen molar-refractivity contribution >= 4 is 62.3 Å². The maximum atomic E-state index is 13.7. The van der Waals surface area contributed by atoms with Crippen LogP contribution < -0.4 is 9.62 Å². The molecule has 0 radical (unpaired) electrons. The fourth-order valence-electron chi connectivity index (χ4n) is 3.52. The van der Waals surface area contributed by atoms with Crippen LogP contribution in [0.3, 0.4) is 0 Å². The summed E-state index contributed by atoms with van der Waals surface area (Å²) in [4.78, 5) is 27.5. The van der Waals surface area contributed by atoms with E-state index in [1.165, 1.54) is 43.1 Å². The summed E-state index contributed by atoms with van der Waals surface area (Å²) in [6, 6.07) is 17.9. The number of carbonyl (C=O) groups excluding carboxylic acids is 2. The van der Waals surface area contributed by atoms with Crippen LogP contribution in [0, 0.1) is 0 Å². The Kier molecular flexibility index (Phi) is 9.24. The van der Waals surface area contributed by atoms with Crippen LogP contribution in [-0.4, -0.2) is 44.8 Å². The molecule has 0 aliphatic rings. The van der Waals surface area contributed by atoms with Gasteiger partial charge in [-0.25, -0.2) is 8.42 Å². The first kappa shape index (κ1) is 27.8. The zero-order chi connectivity index (χ0) is 26.5. The lowest BCUT2D eigenvalue weighted by atomic mass is 10.1. The smallest absolute Gasteiger partial charge is 0.264 e. The van der Waals surface area contributed by atoms with Crippen molar-refractivity contribution < 1.29 is 18.0 Å². The number of amides is 2. The standard InChI is InChI=1S/C25H24Cl3N3O4S/c1-17(25(33)29-2)30(15-21-22(27)12-7-13-23(21)28)24(32)16-31(19-9-6-8-18(26)14-19)36(34,35)20-10-4-3-5-11-20/h3-14,17H,15-16H2,1-2H3,(H,29,33)/t17-/m0/s1. The van der Waals surface area contributed by atoms with Gasteiger partial charge in [0, 0.05) is 34.2 Å². The molecule has 2 amide bonds. The molecule has 0 heterocycles. The van der Waals surface area contributed by atoms with E-state index in [0.717, 1.165) is 4.31 Å². The average Bonchev–Trinajstić information content (AvgIpc) is 2.86. The van der Waals surface area contributed by atoms with E-state index in [4.69, 9.17) is 34.8 Å². The third kappa shape index (κ3) is 6.31. The molecule has 0 saturated carbocycles. The Bertz CT molecular complexity index is 1330. The normalized spacial score (nSPS) is 12.0. The highest BCUT2D eigenvalue weighted by Gasteiger charge is 2.32. The number of nitrogens with one attached hydrogen (secondary N) is 1. The SMILES string of the molecule is CNC(=O)[C@H](C)N(Cc1c(Cl)cccc1Cl)C(=O)CN(c1cccc(Cl)c1)S(=O)(=O)c1ccccc1. The number of sulfonamides is 1. The molecule has 3 aromatic carbocycles. The zero-order valence-corrected chi connectivity index (χ0v) is 22.6. The first-order valence-corrected chi connectivity index (χ1v) is 13.4.